The molecule has 1 aromatic rings. The summed E-state index contributed by atoms with van der Waals surface area (Å²) in [6.07, 6.45) is 6.66. The highest BCUT2D eigenvalue weighted by Crippen LogP contribution is 2.25. The van der Waals surface area contributed by atoms with Crippen LogP contribution in [-0.4, -0.2) is 60.8 Å². The molecule has 0 N–H and O–H groups in total. The SMILES string of the molecule is [B]c1ccc(C(=O)N2CCCN(C3CCC3)CC2)cn1. The van der Waals surface area contributed by atoms with E-state index in [1.54, 1.807) is 18.3 Å². The molecule has 1 aromatic heterocycles. The normalized spacial score (nSPS) is 21.3. The van der Waals surface area contributed by atoms with Crippen molar-refractivity contribution >= 4 is 19.3 Å². The van der Waals surface area contributed by atoms with Crippen molar-refractivity contribution < 1.29 is 4.79 Å². The van der Waals surface area contributed by atoms with Gasteiger partial charge >= 0.3 is 0 Å². The molecule has 3 rings (SSSR count). The predicted octanol–water partition coefficient (Wildman–Crippen LogP) is 0.576. The van der Waals surface area contributed by atoms with E-state index in [2.05, 4.69) is 9.88 Å². The van der Waals surface area contributed by atoms with Crippen LogP contribution in [-0.2, 0) is 0 Å². The van der Waals surface area contributed by atoms with Crippen molar-refractivity contribution in [2.75, 3.05) is 26.2 Å². The second kappa shape index (κ2) is 5.96. The van der Waals surface area contributed by atoms with Crippen LogP contribution in [0.5, 0.6) is 0 Å². The first kappa shape index (κ1) is 13.6. The van der Waals surface area contributed by atoms with Gasteiger partial charge in [0.2, 0.25) is 0 Å². The van der Waals surface area contributed by atoms with E-state index in [9.17, 15) is 4.79 Å². The minimum absolute atomic E-state index is 0.0768. The van der Waals surface area contributed by atoms with Gasteiger partial charge in [0.05, 0.1) is 5.56 Å². The van der Waals surface area contributed by atoms with Gasteiger partial charge in [0.15, 0.2) is 0 Å². The largest absolute Gasteiger partial charge is 0.337 e. The fourth-order valence-electron chi connectivity index (χ4n) is 2.97. The zero-order valence-electron chi connectivity index (χ0n) is 11.8. The van der Waals surface area contributed by atoms with Crippen molar-refractivity contribution in [3.63, 3.8) is 0 Å². The van der Waals surface area contributed by atoms with Gasteiger partial charge in [0.1, 0.15) is 7.85 Å². The van der Waals surface area contributed by atoms with E-state index in [1.807, 2.05) is 4.90 Å². The number of nitrogens with zero attached hydrogens (tertiary/aromatic N) is 3. The number of carbonyl (C=O) groups is 1. The van der Waals surface area contributed by atoms with Crippen LogP contribution in [0.15, 0.2) is 18.3 Å². The Hall–Kier alpha value is -1.36. The van der Waals surface area contributed by atoms with Crippen LogP contribution >= 0.6 is 0 Å². The van der Waals surface area contributed by atoms with E-state index < -0.39 is 0 Å². The second-order valence-electron chi connectivity index (χ2n) is 5.74. The number of amides is 1. The summed E-state index contributed by atoms with van der Waals surface area (Å²) in [5.74, 6) is 0.0768. The zero-order chi connectivity index (χ0) is 13.9. The quantitative estimate of drug-likeness (QED) is 0.737. The van der Waals surface area contributed by atoms with Crippen molar-refractivity contribution in [2.24, 2.45) is 0 Å². The second-order valence-corrected chi connectivity index (χ2v) is 5.74. The maximum absolute atomic E-state index is 12.5. The fourth-order valence-corrected chi connectivity index (χ4v) is 2.97. The summed E-state index contributed by atoms with van der Waals surface area (Å²) in [7, 11) is 5.56. The molecule has 1 aliphatic carbocycles. The first-order valence-corrected chi connectivity index (χ1v) is 7.49. The summed E-state index contributed by atoms with van der Waals surface area (Å²) >= 11 is 0. The Morgan fingerprint density at radius 3 is 2.65 bits per heavy atom. The Morgan fingerprint density at radius 1 is 1.15 bits per heavy atom. The van der Waals surface area contributed by atoms with Crippen LogP contribution in [0.3, 0.4) is 0 Å². The van der Waals surface area contributed by atoms with E-state index in [0.717, 1.165) is 38.6 Å². The van der Waals surface area contributed by atoms with Crippen molar-refractivity contribution in [3.8, 4) is 0 Å². The van der Waals surface area contributed by atoms with Crippen molar-refractivity contribution in [1.29, 1.82) is 0 Å². The van der Waals surface area contributed by atoms with Gasteiger partial charge in [-0.1, -0.05) is 12.5 Å². The summed E-state index contributed by atoms with van der Waals surface area (Å²) in [5, 5.41) is 0. The molecule has 0 atom stereocenters. The Labute approximate surface area is 121 Å². The first-order valence-electron chi connectivity index (χ1n) is 7.49. The van der Waals surface area contributed by atoms with Crippen LogP contribution in [0.4, 0.5) is 0 Å². The molecule has 0 aromatic carbocycles. The lowest BCUT2D eigenvalue weighted by Crippen LogP contribution is -2.42. The summed E-state index contributed by atoms with van der Waals surface area (Å²) in [6, 6.07) is 4.22. The van der Waals surface area contributed by atoms with E-state index in [-0.39, 0.29) is 5.91 Å². The van der Waals surface area contributed by atoms with Gasteiger partial charge in [-0.3, -0.25) is 14.7 Å². The molecule has 1 saturated carbocycles. The summed E-state index contributed by atoms with van der Waals surface area (Å²) in [5.41, 5.74) is 1.09. The minimum atomic E-state index is 0.0768. The summed E-state index contributed by atoms with van der Waals surface area (Å²) in [6.45, 7) is 3.78. The minimum Gasteiger partial charge on any atom is -0.337 e. The molecule has 1 aliphatic heterocycles. The Bertz CT molecular complexity index is 473. The van der Waals surface area contributed by atoms with Gasteiger partial charge in [-0.2, -0.15) is 0 Å². The number of carbonyl (C=O) groups excluding carboxylic acids is 1. The molecule has 104 valence electrons. The van der Waals surface area contributed by atoms with Crippen LogP contribution in [0.2, 0.25) is 0 Å². The number of hydrogen-bond donors (Lipinski definition) is 0. The molecule has 1 saturated heterocycles. The third kappa shape index (κ3) is 2.87. The molecule has 4 nitrogen and oxygen atoms in total. The molecule has 1 amide bonds. The third-order valence-electron chi connectivity index (χ3n) is 4.44. The monoisotopic (exact) mass is 269 g/mol. The van der Waals surface area contributed by atoms with E-state index in [4.69, 9.17) is 7.85 Å². The molecular formula is C15H20BN3O. The van der Waals surface area contributed by atoms with Crippen LogP contribution in [0, 0.1) is 0 Å². The summed E-state index contributed by atoms with van der Waals surface area (Å²) < 4.78 is 0. The van der Waals surface area contributed by atoms with Gasteiger partial charge in [-0.15, -0.1) is 0 Å². The molecule has 0 bridgehead atoms. The average Bonchev–Trinajstić information content (AvgIpc) is 2.63. The standard InChI is InChI=1S/C15H20BN3O/c16-14-6-5-12(11-17-14)15(20)19-8-2-7-18(9-10-19)13-3-1-4-13/h5-6,11,13H,1-4,7-10H2. The summed E-state index contributed by atoms with van der Waals surface area (Å²) in [4.78, 5) is 21.0. The highest BCUT2D eigenvalue weighted by atomic mass is 16.2. The lowest BCUT2D eigenvalue weighted by molar-refractivity contribution is 0.0749. The highest BCUT2D eigenvalue weighted by Gasteiger charge is 2.27. The Morgan fingerprint density at radius 2 is 2.00 bits per heavy atom. The maximum atomic E-state index is 12.5. The van der Waals surface area contributed by atoms with Crippen LogP contribution < -0.4 is 5.59 Å². The topological polar surface area (TPSA) is 36.4 Å². The Kier molecular flexibility index (Phi) is 4.06. The van der Waals surface area contributed by atoms with E-state index >= 15 is 0 Å². The van der Waals surface area contributed by atoms with Crippen LogP contribution in [0.25, 0.3) is 0 Å². The third-order valence-corrected chi connectivity index (χ3v) is 4.44. The maximum Gasteiger partial charge on any atom is 0.255 e. The van der Waals surface area contributed by atoms with E-state index in [0.29, 0.717) is 11.2 Å². The predicted molar refractivity (Wildman–Crippen MR) is 79.4 cm³/mol. The highest BCUT2D eigenvalue weighted by molar-refractivity contribution is 6.30. The van der Waals surface area contributed by atoms with Crippen molar-refractivity contribution in [2.45, 2.75) is 31.7 Å². The molecule has 20 heavy (non-hydrogen) atoms. The lowest BCUT2D eigenvalue weighted by Gasteiger charge is -2.36. The Balaban J connectivity index is 1.62. The fraction of sp³-hybridized carbons (Fsp3) is 0.600. The molecule has 5 heteroatoms. The molecule has 2 fully saturated rings. The average molecular weight is 269 g/mol. The molecule has 0 unspecified atom stereocenters. The van der Waals surface area contributed by atoms with Gasteiger partial charge in [0, 0.05) is 38.4 Å². The molecule has 2 radical (unpaired) electrons. The van der Waals surface area contributed by atoms with Crippen LogP contribution in [0.1, 0.15) is 36.0 Å². The van der Waals surface area contributed by atoms with Gasteiger partial charge in [-0.25, -0.2) is 0 Å². The number of hydrogen-bond acceptors (Lipinski definition) is 3. The molecule has 0 spiro atoms. The van der Waals surface area contributed by atoms with E-state index in [1.165, 1.54) is 19.3 Å². The van der Waals surface area contributed by atoms with Crippen molar-refractivity contribution in [3.05, 3.63) is 23.9 Å². The molecular weight excluding hydrogens is 249 g/mol. The number of rotatable bonds is 2. The van der Waals surface area contributed by atoms with Gasteiger partial charge in [-0.05, 0) is 30.9 Å². The molecule has 2 heterocycles. The van der Waals surface area contributed by atoms with Gasteiger partial charge in [0.25, 0.3) is 5.91 Å². The van der Waals surface area contributed by atoms with Gasteiger partial charge < -0.3 is 4.90 Å². The first-order chi connectivity index (χ1) is 9.74. The number of aromatic nitrogens is 1. The number of pyridine rings is 1. The lowest BCUT2D eigenvalue weighted by atomic mass is 9.91. The zero-order valence-corrected chi connectivity index (χ0v) is 11.8. The smallest absolute Gasteiger partial charge is 0.255 e. The van der Waals surface area contributed by atoms with Crippen molar-refractivity contribution in [1.82, 2.24) is 14.8 Å². The molecule has 2 aliphatic rings.